The molecule has 0 spiro atoms. The first-order chi connectivity index (χ1) is 6.58. The van der Waals surface area contributed by atoms with Crippen LogP contribution in [0.3, 0.4) is 0 Å². The zero-order chi connectivity index (χ0) is 10.6. The Morgan fingerprint density at radius 3 is 2.71 bits per heavy atom. The predicted octanol–water partition coefficient (Wildman–Crippen LogP) is 1.01. The highest BCUT2D eigenvalue weighted by Crippen LogP contribution is 2.22. The van der Waals surface area contributed by atoms with E-state index in [9.17, 15) is 4.79 Å². The third kappa shape index (κ3) is 3.27. The second-order valence-corrected chi connectivity index (χ2v) is 4.11. The summed E-state index contributed by atoms with van der Waals surface area (Å²) in [5.74, 6) is -0.833. The van der Waals surface area contributed by atoms with Gasteiger partial charge in [0.05, 0.1) is 6.61 Å². The minimum atomic E-state index is -0.920. The minimum Gasteiger partial charge on any atom is -0.480 e. The Hall–Kier alpha value is -0.610. The van der Waals surface area contributed by atoms with E-state index >= 15 is 0 Å². The number of ether oxygens (including phenoxy) is 1. The van der Waals surface area contributed by atoms with Gasteiger partial charge in [-0.15, -0.1) is 0 Å². The standard InChI is InChI=1S/C10H19NO3/c1-3-6-14-7-10(2,9(12)13)11-8-4-5-8/h8,11H,3-7H2,1-2H3,(H,12,13). The molecule has 0 bridgehead atoms. The van der Waals surface area contributed by atoms with Gasteiger partial charge in [-0.2, -0.15) is 0 Å². The molecule has 82 valence electrons. The largest absolute Gasteiger partial charge is 0.480 e. The third-order valence-electron chi connectivity index (χ3n) is 2.31. The van der Waals surface area contributed by atoms with Crippen LogP contribution in [0.15, 0.2) is 0 Å². The summed E-state index contributed by atoms with van der Waals surface area (Å²) in [7, 11) is 0. The van der Waals surface area contributed by atoms with Gasteiger partial charge in [-0.05, 0) is 26.2 Å². The molecular formula is C10H19NO3. The second-order valence-electron chi connectivity index (χ2n) is 4.11. The van der Waals surface area contributed by atoms with Gasteiger partial charge >= 0.3 is 5.97 Å². The molecule has 2 N–H and O–H groups in total. The van der Waals surface area contributed by atoms with Crippen molar-refractivity contribution in [2.24, 2.45) is 0 Å². The van der Waals surface area contributed by atoms with Gasteiger partial charge in [0.25, 0.3) is 0 Å². The number of carbonyl (C=O) groups is 1. The Kier molecular flexibility index (Phi) is 3.89. The summed E-state index contributed by atoms with van der Waals surface area (Å²) in [5, 5.41) is 12.2. The summed E-state index contributed by atoms with van der Waals surface area (Å²) in [6, 6.07) is 0.376. The lowest BCUT2D eigenvalue weighted by Gasteiger charge is -2.26. The Balaban J connectivity index is 2.38. The second kappa shape index (κ2) is 4.75. The molecule has 0 aliphatic heterocycles. The molecule has 0 aromatic rings. The van der Waals surface area contributed by atoms with Crippen LogP contribution in [-0.4, -0.2) is 35.9 Å². The Bertz CT molecular complexity index is 204. The van der Waals surface area contributed by atoms with E-state index in [1.54, 1.807) is 6.92 Å². The average Bonchev–Trinajstić information content (AvgIpc) is 2.88. The van der Waals surface area contributed by atoms with E-state index in [2.05, 4.69) is 5.32 Å². The van der Waals surface area contributed by atoms with Gasteiger partial charge in [0.2, 0.25) is 0 Å². The number of hydrogen-bond donors (Lipinski definition) is 2. The minimum absolute atomic E-state index is 0.243. The molecule has 1 fully saturated rings. The zero-order valence-electron chi connectivity index (χ0n) is 8.88. The molecule has 0 saturated heterocycles. The highest BCUT2D eigenvalue weighted by Gasteiger charge is 2.38. The smallest absolute Gasteiger partial charge is 0.326 e. The van der Waals surface area contributed by atoms with Crippen molar-refractivity contribution in [3.05, 3.63) is 0 Å². The quantitative estimate of drug-likeness (QED) is 0.603. The molecule has 0 aromatic heterocycles. The number of carboxylic acids is 1. The van der Waals surface area contributed by atoms with E-state index in [4.69, 9.17) is 9.84 Å². The first kappa shape index (κ1) is 11.5. The van der Waals surface area contributed by atoms with Crippen LogP contribution in [0.5, 0.6) is 0 Å². The van der Waals surface area contributed by atoms with Crippen LogP contribution < -0.4 is 5.32 Å². The maximum absolute atomic E-state index is 11.0. The van der Waals surface area contributed by atoms with E-state index in [-0.39, 0.29) is 6.61 Å². The number of carboxylic acid groups (broad SMARTS) is 1. The van der Waals surface area contributed by atoms with Crippen molar-refractivity contribution in [2.75, 3.05) is 13.2 Å². The van der Waals surface area contributed by atoms with E-state index in [1.807, 2.05) is 6.92 Å². The molecule has 0 amide bonds. The highest BCUT2D eigenvalue weighted by molar-refractivity contribution is 5.78. The lowest BCUT2D eigenvalue weighted by Crippen LogP contribution is -2.54. The Morgan fingerprint density at radius 1 is 1.64 bits per heavy atom. The van der Waals surface area contributed by atoms with Gasteiger partial charge < -0.3 is 9.84 Å². The molecule has 4 heteroatoms. The fraction of sp³-hybridized carbons (Fsp3) is 0.900. The average molecular weight is 201 g/mol. The van der Waals surface area contributed by atoms with Gasteiger partial charge in [-0.3, -0.25) is 10.1 Å². The molecule has 1 aliphatic rings. The van der Waals surface area contributed by atoms with Gasteiger partial charge in [0.15, 0.2) is 0 Å². The SMILES string of the molecule is CCCOCC(C)(NC1CC1)C(=O)O. The summed E-state index contributed by atoms with van der Waals surface area (Å²) in [6.45, 7) is 4.55. The van der Waals surface area contributed by atoms with Crippen LogP contribution in [0, 0.1) is 0 Å². The molecule has 14 heavy (non-hydrogen) atoms. The maximum Gasteiger partial charge on any atom is 0.326 e. The monoisotopic (exact) mass is 201 g/mol. The van der Waals surface area contributed by atoms with Gasteiger partial charge in [-0.1, -0.05) is 6.92 Å². The van der Waals surface area contributed by atoms with Crippen molar-refractivity contribution in [1.29, 1.82) is 0 Å². The molecule has 1 unspecified atom stereocenters. The molecule has 1 rings (SSSR count). The van der Waals surface area contributed by atoms with Gasteiger partial charge in [0.1, 0.15) is 5.54 Å². The van der Waals surface area contributed by atoms with Crippen molar-refractivity contribution in [2.45, 2.75) is 44.7 Å². The van der Waals surface area contributed by atoms with Crippen LogP contribution in [0.25, 0.3) is 0 Å². The van der Waals surface area contributed by atoms with Crippen molar-refractivity contribution in [3.8, 4) is 0 Å². The topological polar surface area (TPSA) is 58.6 Å². The molecule has 0 aromatic carbocycles. The molecule has 0 heterocycles. The van der Waals surface area contributed by atoms with Gasteiger partial charge in [-0.25, -0.2) is 0 Å². The van der Waals surface area contributed by atoms with Crippen LogP contribution in [0.2, 0.25) is 0 Å². The first-order valence-electron chi connectivity index (χ1n) is 5.17. The molecule has 1 atom stereocenters. The van der Waals surface area contributed by atoms with Gasteiger partial charge in [0, 0.05) is 12.6 Å². The normalized spacial score (nSPS) is 20.4. The Morgan fingerprint density at radius 2 is 2.29 bits per heavy atom. The lowest BCUT2D eigenvalue weighted by atomic mass is 10.0. The summed E-state index contributed by atoms with van der Waals surface area (Å²) < 4.78 is 5.29. The molecular weight excluding hydrogens is 182 g/mol. The van der Waals surface area contributed by atoms with Crippen molar-refractivity contribution in [3.63, 3.8) is 0 Å². The van der Waals surface area contributed by atoms with Crippen LogP contribution in [0.4, 0.5) is 0 Å². The molecule has 1 saturated carbocycles. The number of rotatable bonds is 7. The molecule has 1 aliphatic carbocycles. The first-order valence-corrected chi connectivity index (χ1v) is 5.17. The van der Waals surface area contributed by atoms with E-state index in [0.29, 0.717) is 12.6 Å². The number of hydrogen-bond acceptors (Lipinski definition) is 3. The predicted molar refractivity (Wildman–Crippen MR) is 53.3 cm³/mol. The van der Waals surface area contributed by atoms with E-state index in [0.717, 1.165) is 19.3 Å². The summed E-state index contributed by atoms with van der Waals surface area (Å²) in [6.07, 6.45) is 3.08. The highest BCUT2D eigenvalue weighted by atomic mass is 16.5. The molecule has 0 radical (unpaired) electrons. The number of aliphatic carboxylic acids is 1. The fourth-order valence-electron chi connectivity index (χ4n) is 1.26. The summed E-state index contributed by atoms with van der Waals surface area (Å²) >= 11 is 0. The van der Waals surface area contributed by atoms with Crippen molar-refractivity contribution < 1.29 is 14.6 Å². The van der Waals surface area contributed by atoms with E-state index < -0.39 is 11.5 Å². The Labute approximate surface area is 84.6 Å². The molecule has 4 nitrogen and oxygen atoms in total. The zero-order valence-corrected chi connectivity index (χ0v) is 8.88. The van der Waals surface area contributed by atoms with Crippen LogP contribution >= 0.6 is 0 Å². The van der Waals surface area contributed by atoms with E-state index in [1.165, 1.54) is 0 Å². The fourth-order valence-corrected chi connectivity index (χ4v) is 1.26. The van der Waals surface area contributed by atoms with Crippen molar-refractivity contribution in [1.82, 2.24) is 5.32 Å². The van der Waals surface area contributed by atoms with Crippen molar-refractivity contribution >= 4 is 5.97 Å². The summed E-state index contributed by atoms with van der Waals surface area (Å²) in [4.78, 5) is 11.0. The summed E-state index contributed by atoms with van der Waals surface area (Å²) in [5.41, 5.74) is -0.920. The maximum atomic E-state index is 11.0. The number of nitrogens with one attached hydrogen (secondary N) is 1. The lowest BCUT2D eigenvalue weighted by molar-refractivity contribution is -0.147. The van der Waals surface area contributed by atoms with Crippen LogP contribution in [0.1, 0.15) is 33.1 Å². The van der Waals surface area contributed by atoms with Crippen LogP contribution in [-0.2, 0) is 9.53 Å². The third-order valence-corrected chi connectivity index (χ3v) is 2.31.